The molecule has 1 aliphatic rings. The van der Waals surface area contributed by atoms with Crippen molar-refractivity contribution in [3.05, 3.63) is 29.8 Å². The van der Waals surface area contributed by atoms with Gasteiger partial charge in [0.05, 0.1) is 5.56 Å². The van der Waals surface area contributed by atoms with Gasteiger partial charge < -0.3 is 15.7 Å². The first-order chi connectivity index (χ1) is 8.98. The number of rotatable bonds is 3. The fourth-order valence-corrected chi connectivity index (χ4v) is 2.41. The molecule has 19 heavy (non-hydrogen) atoms. The maximum Gasteiger partial charge on any atom is 0.335 e. The fraction of sp³-hybridized carbons (Fsp3) is 0.429. The molecule has 0 unspecified atom stereocenters. The van der Waals surface area contributed by atoms with E-state index in [1.54, 1.807) is 12.1 Å². The van der Waals surface area contributed by atoms with Crippen LogP contribution in [-0.2, 0) is 0 Å². The molecule has 0 spiro atoms. The minimum atomic E-state index is -0.977. The number of nitrogens with one attached hydrogen (secondary N) is 2. The predicted molar refractivity (Wildman–Crippen MR) is 72.4 cm³/mol. The molecule has 1 aromatic rings. The summed E-state index contributed by atoms with van der Waals surface area (Å²) in [6.45, 7) is 2.05. The van der Waals surface area contributed by atoms with E-state index in [0.717, 1.165) is 25.7 Å². The zero-order valence-electron chi connectivity index (χ0n) is 10.9. The lowest BCUT2D eigenvalue weighted by molar-refractivity contribution is 0.0697. The molecule has 0 saturated heterocycles. The first kappa shape index (κ1) is 13.4. The third-order valence-electron chi connectivity index (χ3n) is 3.51. The second kappa shape index (κ2) is 5.30. The van der Waals surface area contributed by atoms with Gasteiger partial charge in [0.1, 0.15) is 0 Å². The van der Waals surface area contributed by atoms with E-state index >= 15 is 0 Å². The van der Waals surface area contributed by atoms with Crippen LogP contribution in [0.4, 0.5) is 10.5 Å². The van der Waals surface area contributed by atoms with Gasteiger partial charge in [0, 0.05) is 11.2 Å². The molecule has 1 fully saturated rings. The van der Waals surface area contributed by atoms with Crippen molar-refractivity contribution in [2.45, 2.75) is 38.1 Å². The van der Waals surface area contributed by atoms with Crippen LogP contribution in [0.25, 0.3) is 0 Å². The number of carboxylic acids is 1. The molecular weight excluding hydrogens is 244 g/mol. The number of carbonyl (C=O) groups excluding carboxylic acids is 1. The monoisotopic (exact) mass is 262 g/mol. The Hall–Kier alpha value is -2.04. The minimum absolute atomic E-state index is 0.120. The summed E-state index contributed by atoms with van der Waals surface area (Å²) in [4.78, 5) is 22.6. The minimum Gasteiger partial charge on any atom is -0.478 e. The molecule has 1 aromatic carbocycles. The maximum atomic E-state index is 11.9. The van der Waals surface area contributed by atoms with Crippen LogP contribution in [-0.4, -0.2) is 22.6 Å². The molecule has 0 aliphatic heterocycles. The Labute approximate surface area is 112 Å². The van der Waals surface area contributed by atoms with Gasteiger partial charge >= 0.3 is 12.0 Å². The number of hydrogen-bond donors (Lipinski definition) is 3. The van der Waals surface area contributed by atoms with Gasteiger partial charge in [-0.15, -0.1) is 0 Å². The van der Waals surface area contributed by atoms with Crippen LogP contribution < -0.4 is 10.6 Å². The summed E-state index contributed by atoms with van der Waals surface area (Å²) in [5, 5.41) is 14.5. The Bertz CT molecular complexity index is 476. The van der Waals surface area contributed by atoms with Crippen LogP contribution in [0.1, 0.15) is 43.0 Å². The van der Waals surface area contributed by atoms with Crippen LogP contribution in [0.2, 0.25) is 0 Å². The Kier molecular flexibility index (Phi) is 3.74. The van der Waals surface area contributed by atoms with Crippen LogP contribution >= 0.6 is 0 Å². The van der Waals surface area contributed by atoms with E-state index in [0.29, 0.717) is 5.69 Å². The van der Waals surface area contributed by atoms with E-state index in [1.165, 1.54) is 12.1 Å². The largest absolute Gasteiger partial charge is 0.478 e. The molecule has 2 amide bonds. The summed E-state index contributed by atoms with van der Waals surface area (Å²) in [7, 11) is 0. The summed E-state index contributed by atoms with van der Waals surface area (Å²) in [6.07, 6.45) is 4.28. The quantitative estimate of drug-likeness (QED) is 0.783. The van der Waals surface area contributed by atoms with Crippen molar-refractivity contribution in [2.75, 3.05) is 5.32 Å². The molecule has 0 bridgehead atoms. The Morgan fingerprint density at radius 1 is 1.16 bits per heavy atom. The zero-order valence-corrected chi connectivity index (χ0v) is 10.9. The van der Waals surface area contributed by atoms with Crippen molar-refractivity contribution in [2.24, 2.45) is 0 Å². The van der Waals surface area contributed by atoms with E-state index in [9.17, 15) is 9.59 Å². The topological polar surface area (TPSA) is 78.4 Å². The number of carbonyl (C=O) groups is 2. The van der Waals surface area contributed by atoms with E-state index in [-0.39, 0.29) is 17.1 Å². The fourth-order valence-electron chi connectivity index (χ4n) is 2.41. The Balaban J connectivity index is 1.93. The highest BCUT2D eigenvalue weighted by molar-refractivity contribution is 5.91. The molecule has 5 nitrogen and oxygen atoms in total. The van der Waals surface area contributed by atoms with Gasteiger partial charge in [-0.1, -0.05) is 12.8 Å². The highest BCUT2D eigenvalue weighted by Crippen LogP contribution is 2.28. The molecule has 3 N–H and O–H groups in total. The van der Waals surface area contributed by atoms with Gasteiger partial charge in [0.15, 0.2) is 0 Å². The predicted octanol–water partition coefficient (Wildman–Crippen LogP) is 2.84. The number of carboxylic acid groups (broad SMARTS) is 1. The lowest BCUT2D eigenvalue weighted by atomic mass is 10.0. The lowest BCUT2D eigenvalue weighted by Gasteiger charge is -2.25. The summed E-state index contributed by atoms with van der Waals surface area (Å²) in [5.74, 6) is -0.977. The van der Waals surface area contributed by atoms with E-state index in [4.69, 9.17) is 5.11 Å². The van der Waals surface area contributed by atoms with Crippen LogP contribution in [0.15, 0.2) is 24.3 Å². The SMILES string of the molecule is CC1(NC(=O)Nc2ccc(C(=O)O)cc2)CCCC1. The first-order valence-corrected chi connectivity index (χ1v) is 6.41. The van der Waals surface area contributed by atoms with Crippen LogP contribution in [0.3, 0.4) is 0 Å². The molecule has 1 aliphatic carbocycles. The molecule has 2 rings (SSSR count). The second-order valence-electron chi connectivity index (χ2n) is 5.23. The van der Waals surface area contributed by atoms with Gasteiger partial charge in [-0.2, -0.15) is 0 Å². The van der Waals surface area contributed by atoms with Crippen molar-refractivity contribution in [3.63, 3.8) is 0 Å². The average molecular weight is 262 g/mol. The number of aromatic carboxylic acids is 1. The van der Waals surface area contributed by atoms with Gasteiger partial charge in [0.2, 0.25) is 0 Å². The van der Waals surface area contributed by atoms with Crippen molar-refractivity contribution >= 4 is 17.7 Å². The number of amides is 2. The lowest BCUT2D eigenvalue weighted by Crippen LogP contribution is -2.45. The van der Waals surface area contributed by atoms with Crippen LogP contribution in [0.5, 0.6) is 0 Å². The number of benzene rings is 1. The third kappa shape index (κ3) is 3.47. The molecule has 0 radical (unpaired) electrons. The zero-order chi connectivity index (χ0) is 13.9. The third-order valence-corrected chi connectivity index (χ3v) is 3.51. The summed E-state index contributed by atoms with van der Waals surface area (Å²) >= 11 is 0. The van der Waals surface area contributed by atoms with Gasteiger partial charge in [-0.3, -0.25) is 0 Å². The second-order valence-corrected chi connectivity index (χ2v) is 5.23. The van der Waals surface area contributed by atoms with Crippen molar-refractivity contribution in [1.82, 2.24) is 5.32 Å². The summed E-state index contributed by atoms with van der Waals surface area (Å²) in [6, 6.07) is 5.86. The van der Waals surface area contributed by atoms with E-state index in [2.05, 4.69) is 10.6 Å². The van der Waals surface area contributed by atoms with Crippen LogP contribution in [0, 0.1) is 0 Å². The van der Waals surface area contributed by atoms with Gasteiger partial charge in [-0.05, 0) is 44.0 Å². The highest BCUT2D eigenvalue weighted by atomic mass is 16.4. The number of urea groups is 1. The van der Waals surface area contributed by atoms with Gasteiger partial charge in [-0.25, -0.2) is 9.59 Å². The molecule has 0 aromatic heterocycles. The van der Waals surface area contributed by atoms with E-state index in [1.807, 2.05) is 6.92 Å². The molecule has 0 atom stereocenters. The molecule has 102 valence electrons. The smallest absolute Gasteiger partial charge is 0.335 e. The number of hydrogen-bond acceptors (Lipinski definition) is 2. The average Bonchev–Trinajstić information content (AvgIpc) is 2.76. The van der Waals surface area contributed by atoms with Gasteiger partial charge in [0.25, 0.3) is 0 Å². The first-order valence-electron chi connectivity index (χ1n) is 6.41. The normalized spacial score (nSPS) is 16.9. The summed E-state index contributed by atoms with van der Waals surface area (Å²) < 4.78 is 0. The number of anilines is 1. The maximum absolute atomic E-state index is 11.9. The van der Waals surface area contributed by atoms with Crippen molar-refractivity contribution in [1.29, 1.82) is 0 Å². The molecule has 5 heteroatoms. The van der Waals surface area contributed by atoms with E-state index < -0.39 is 5.97 Å². The Morgan fingerprint density at radius 2 is 1.74 bits per heavy atom. The molecule has 1 saturated carbocycles. The standard InChI is InChI=1S/C14H18N2O3/c1-14(8-2-3-9-14)16-13(19)15-11-6-4-10(5-7-11)12(17)18/h4-7H,2-3,8-9H2,1H3,(H,17,18)(H2,15,16,19). The Morgan fingerprint density at radius 3 is 2.26 bits per heavy atom. The van der Waals surface area contributed by atoms with Crippen molar-refractivity contribution in [3.8, 4) is 0 Å². The molecular formula is C14H18N2O3. The highest BCUT2D eigenvalue weighted by Gasteiger charge is 2.29. The molecule has 0 heterocycles. The van der Waals surface area contributed by atoms with Crippen molar-refractivity contribution < 1.29 is 14.7 Å². The summed E-state index contributed by atoms with van der Waals surface area (Å²) in [5.41, 5.74) is 0.670.